The first-order valence-electron chi connectivity index (χ1n) is 11.4. The van der Waals surface area contributed by atoms with Crippen molar-refractivity contribution >= 4 is 50.6 Å². The molecule has 0 unspecified atom stereocenters. The summed E-state index contributed by atoms with van der Waals surface area (Å²) in [5.41, 5.74) is 0.735. The van der Waals surface area contributed by atoms with Crippen molar-refractivity contribution in [3.05, 3.63) is 61.6 Å². The van der Waals surface area contributed by atoms with Gasteiger partial charge in [0.2, 0.25) is 0 Å². The van der Waals surface area contributed by atoms with Crippen LogP contribution in [-0.2, 0) is 9.53 Å². The maximum absolute atomic E-state index is 13.3. The van der Waals surface area contributed by atoms with E-state index < -0.39 is 0 Å². The monoisotopic (exact) mass is 576 g/mol. The largest absolute Gasteiger partial charge is 0.493 e. The number of aromatic nitrogens is 2. The van der Waals surface area contributed by atoms with Crippen molar-refractivity contribution in [2.75, 3.05) is 40.0 Å². The van der Waals surface area contributed by atoms with Gasteiger partial charge in [0.1, 0.15) is 5.82 Å². The first-order valence-corrected chi connectivity index (χ1v) is 12.6. The zero-order valence-corrected chi connectivity index (χ0v) is 22.5. The van der Waals surface area contributed by atoms with Crippen LogP contribution in [-0.4, -0.2) is 66.7 Å². The van der Waals surface area contributed by atoms with Crippen molar-refractivity contribution in [2.24, 2.45) is 5.10 Å². The average Bonchev–Trinajstić information content (AvgIpc) is 2.87. The van der Waals surface area contributed by atoms with E-state index >= 15 is 0 Å². The van der Waals surface area contributed by atoms with E-state index in [-0.39, 0.29) is 24.0 Å². The number of carbonyl (C=O) groups excluding carboxylic acids is 1. The molecule has 0 bridgehead atoms. The van der Waals surface area contributed by atoms with Crippen LogP contribution in [0.3, 0.4) is 0 Å². The number of benzene rings is 2. The summed E-state index contributed by atoms with van der Waals surface area (Å²) in [6.07, 6.45) is 1.46. The second-order valence-corrected chi connectivity index (χ2v) is 9.81. The standard InChI is InChI=1S/C25H26BrClN4O5/c1-15(2)24-29-20-5-4-17(26)11-19(20)25(33)31(24)28-13-16-10-18(27)12-21(34-3)23(16)36-14-22(32)30-6-8-35-9-7-30/h4-5,10-13,15H,6-9,14H2,1-3H3. The first kappa shape index (κ1) is 26.1. The highest BCUT2D eigenvalue weighted by molar-refractivity contribution is 9.10. The number of nitrogens with zero attached hydrogens (tertiary/aromatic N) is 4. The van der Waals surface area contributed by atoms with Gasteiger partial charge in [0.15, 0.2) is 18.1 Å². The van der Waals surface area contributed by atoms with E-state index in [1.807, 2.05) is 19.9 Å². The maximum Gasteiger partial charge on any atom is 0.282 e. The molecule has 0 aliphatic carbocycles. The van der Waals surface area contributed by atoms with E-state index in [4.69, 9.17) is 25.8 Å². The van der Waals surface area contributed by atoms with E-state index in [0.717, 1.165) is 4.47 Å². The molecule has 4 rings (SSSR count). The Balaban J connectivity index is 1.72. The normalized spacial score (nSPS) is 14.1. The SMILES string of the molecule is COc1cc(Cl)cc(C=Nn2c(C(C)C)nc3ccc(Br)cc3c2=O)c1OCC(=O)N1CCOCC1. The molecule has 0 atom stereocenters. The zero-order valence-electron chi connectivity index (χ0n) is 20.2. The molecule has 11 heteroatoms. The van der Waals surface area contributed by atoms with Crippen molar-refractivity contribution in [1.82, 2.24) is 14.6 Å². The van der Waals surface area contributed by atoms with E-state index in [2.05, 4.69) is 26.0 Å². The predicted molar refractivity (Wildman–Crippen MR) is 142 cm³/mol. The molecular weight excluding hydrogens is 552 g/mol. The Labute approximate surface area is 221 Å². The fourth-order valence-corrected chi connectivity index (χ4v) is 4.38. The lowest BCUT2D eigenvalue weighted by Gasteiger charge is -2.27. The first-order chi connectivity index (χ1) is 17.3. The maximum atomic E-state index is 13.3. The lowest BCUT2D eigenvalue weighted by Crippen LogP contribution is -2.43. The highest BCUT2D eigenvalue weighted by atomic mass is 79.9. The van der Waals surface area contributed by atoms with Gasteiger partial charge in [-0.1, -0.05) is 41.4 Å². The van der Waals surface area contributed by atoms with Crippen LogP contribution in [0.2, 0.25) is 5.02 Å². The summed E-state index contributed by atoms with van der Waals surface area (Å²) < 4.78 is 18.7. The van der Waals surface area contributed by atoms with Crippen LogP contribution in [0.25, 0.3) is 10.9 Å². The number of carbonyl (C=O) groups is 1. The molecule has 190 valence electrons. The minimum absolute atomic E-state index is 0.0707. The number of rotatable bonds is 7. The quantitative estimate of drug-likeness (QED) is 0.393. The fourth-order valence-electron chi connectivity index (χ4n) is 3.80. The van der Waals surface area contributed by atoms with Crippen LogP contribution in [0, 0.1) is 0 Å². The van der Waals surface area contributed by atoms with Gasteiger partial charge in [-0.15, -0.1) is 0 Å². The molecule has 1 fully saturated rings. The molecule has 1 aliphatic rings. The van der Waals surface area contributed by atoms with E-state index in [9.17, 15) is 9.59 Å². The minimum Gasteiger partial charge on any atom is -0.493 e. The Morgan fingerprint density at radius 2 is 2.03 bits per heavy atom. The third-order valence-electron chi connectivity index (χ3n) is 5.63. The molecular formula is C25H26BrClN4O5. The van der Waals surface area contributed by atoms with Gasteiger partial charge < -0.3 is 19.1 Å². The zero-order chi connectivity index (χ0) is 25.8. The number of morpholine rings is 1. The summed E-state index contributed by atoms with van der Waals surface area (Å²) in [4.78, 5) is 32.3. The number of hydrogen-bond acceptors (Lipinski definition) is 7. The number of hydrogen-bond donors (Lipinski definition) is 0. The van der Waals surface area contributed by atoms with Gasteiger partial charge in [0, 0.05) is 40.1 Å². The van der Waals surface area contributed by atoms with Crippen LogP contribution in [0.4, 0.5) is 0 Å². The third kappa shape index (κ3) is 5.71. The molecule has 0 radical (unpaired) electrons. The molecule has 0 N–H and O–H groups in total. The highest BCUT2D eigenvalue weighted by Gasteiger charge is 2.20. The van der Waals surface area contributed by atoms with Crippen LogP contribution in [0.1, 0.15) is 31.2 Å². The van der Waals surface area contributed by atoms with Gasteiger partial charge in [-0.2, -0.15) is 9.78 Å². The van der Waals surface area contributed by atoms with Crippen LogP contribution < -0.4 is 15.0 Å². The molecule has 36 heavy (non-hydrogen) atoms. The van der Waals surface area contributed by atoms with Gasteiger partial charge in [0.25, 0.3) is 11.5 Å². The summed E-state index contributed by atoms with van der Waals surface area (Å²) in [5.74, 6) is 0.906. The van der Waals surface area contributed by atoms with E-state index in [1.54, 1.807) is 29.2 Å². The Morgan fingerprint density at radius 1 is 1.28 bits per heavy atom. The molecule has 1 amide bonds. The molecule has 9 nitrogen and oxygen atoms in total. The van der Waals surface area contributed by atoms with Crippen molar-refractivity contribution in [3.8, 4) is 11.5 Å². The van der Waals surface area contributed by atoms with Crippen molar-refractivity contribution in [3.63, 3.8) is 0 Å². The molecule has 2 heterocycles. The number of amides is 1. The molecule has 2 aromatic carbocycles. The number of fused-ring (bicyclic) bond motifs is 1. The number of halogens is 2. The molecule has 1 aromatic heterocycles. The number of ether oxygens (including phenoxy) is 3. The van der Waals surface area contributed by atoms with E-state index in [1.165, 1.54) is 18.0 Å². The van der Waals surface area contributed by atoms with Gasteiger partial charge in [0.05, 0.1) is 37.4 Å². The number of methoxy groups -OCH3 is 1. The smallest absolute Gasteiger partial charge is 0.282 e. The Bertz CT molecular complexity index is 1370. The van der Waals surface area contributed by atoms with E-state index in [0.29, 0.717) is 65.1 Å². The summed E-state index contributed by atoms with van der Waals surface area (Å²) in [5, 5.41) is 5.29. The van der Waals surface area contributed by atoms with Crippen molar-refractivity contribution < 1.29 is 19.0 Å². The Hall–Kier alpha value is -2.95. The lowest BCUT2D eigenvalue weighted by atomic mass is 10.2. The van der Waals surface area contributed by atoms with Crippen molar-refractivity contribution in [1.29, 1.82) is 0 Å². The molecule has 0 saturated carbocycles. The third-order valence-corrected chi connectivity index (χ3v) is 6.35. The van der Waals surface area contributed by atoms with Crippen molar-refractivity contribution in [2.45, 2.75) is 19.8 Å². The Kier molecular flexibility index (Phi) is 8.28. The fraction of sp³-hybridized carbons (Fsp3) is 0.360. The summed E-state index contributed by atoms with van der Waals surface area (Å²) >= 11 is 9.71. The van der Waals surface area contributed by atoms with Gasteiger partial charge in [-0.3, -0.25) is 9.59 Å². The summed E-state index contributed by atoms with van der Waals surface area (Å²) in [7, 11) is 1.48. The van der Waals surface area contributed by atoms with Gasteiger partial charge >= 0.3 is 0 Å². The second kappa shape index (κ2) is 11.4. The predicted octanol–water partition coefficient (Wildman–Crippen LogP) is 4.06. The van der Waals surface area contributed by atoms with Crippen LogP contribution >= 0.6 is 27.5 Å². The Morgan fingerprint density at radius 3 is 2.72 bits per heavy atom. The second-order valence-electron chi connectivity index (χ2n) is 8.46. The van der Waals surface area contributed by atoms with Crippen LogP contribution in [0.5, 0.6) is 11.5 Å². The van der Waals surface area contributed by atoms with Gasteiger partial charge in [-0.25, -0.2) is 4.98 Å². The van der Waals surface area contributed by atoms with Gasteiger partial charge in [-0.05, 0) is 24.3 Å². The summed E-state index contributed by atoms with van der Waals surface area (Å²) in [6.45, 7) is 5.70. The minimum atomic E-state index is -0.305. The molecule has 0 spiro atoms. The topological polar surface area (TPSA) is 95.2 Å². The molecule has 3 aromatic rings. The summed E-state index contributed by atoms with van der Waals surface area (Å²) in [6, 6.07) is 8.57. The van der Waals surface area contributed by atoms with Crippen LogP contribution in [0.15, 0.2) is 44.7 Å². The molecule has 1 saturated heterocycles. The average molecular weight is 578 g/mol. The lowest BCUT2D eigenvalue weighted by molar-refractivity contribution is -0.137. The highest BCUT2D eigenvalue weighted by Crippen LogP contribution is 2.34. The molecule has 1 aliphatic heterocycles.